The van der Waals surface area contributed by atoms with Gasteiger partial charge >= 0.3 is 0 Å². The van der Waals surface area contributed by atoms with Gasteiger partial charge in [-0.2, -0.15) is 0 Å². The summed E-state index contributed by atoms with van der Waals surface area (Å²) in [6.07, 6.45) is 7.92. The first-order valence-electron chi connectivity index (χ1n) is 4.53. The minimum atomic E-state index is -0.0238. The third kappa shape index (κ3) is 4.36. The van der Waals surface area contributed by atoms with Crippen LogP contribution in [0, 0.1) is 12.3 Å². The maximum absolute atomic E-state index is 5.28. The van der Waals surface area contributed by atoms with Crippen LogP contribution in [0.15, 0.2) is 23.9 Å². The maximum atomic E-state index is 5.28. The first kappa shape index (κ1) is 13.1. The molecule has 0 bridgehead atoms. The molecule has 0 aliphatic heterocycles. The highest BCUT2D eigenvalue weighted by Crippen LogP contribution is 2.04. The Morgan fingerprint density at radius 3 is 2.79 bits per heavy atom. The van der Waals surface area contributed by atoms with E-state index in [0.717, 1.165) is 17.7 Å². The Morgan fingerprint density at radius 1 is 1.79 bits per heavy atom. The summed E-state index contributed by atoms with van der Waals surface area (Å²) in [5.74, 6) is 2.54. The van der Waals surface area contributed by atoms with E-state index in [1.165, 1.54) is 0 Å². The SMILES string of the molecule is C#C/C(=C\C)C(=C)NCC(CC)OCl. The Kier molecular flexibility index (Phi) is 7.00. The fourth-order valence-corrected chi connectivity index (χ4v) is 1.10. The smallest absolute Gasteiger partial charge is 0.0960 e. The van der Waals surface area contributed by atoms with E-state index in [2.05, 4.69) is 17.8 Å². The van der Waals surface area contributed by atoms with Gasteiger partial charge in [0, 0.05) is 17.8 Å². The minimum Gasteiger partial charge on any atom is -0.382 e. The summed E-state index contributed by atoms with van der Waals surface area (Å²) in [6.45, 7) is 8.29. The van der Waals surface area contributed by atoms with Crippen molar-refractivity contribution in [1.82, 2.24) is 5.32 Å². The fourth-order valence-electron chi connectivity index (χ4n) is 0.916. The molecule has 0 radical (unpaired) electrons. The topological polar surface area (TPSA) is 21.3 Å². The van der Waals surface area contributed by atoms with E-state index in [0.29, 0.717) is 6.54 Å². The average Bonchev–Trinajstić information content (AvgIpc) is 2.21. The highest BCUT2D eigenvalue weighted by atomic mass is 35.5. The van der Waals surface area contributed by atoms with Crippen molar-refractivity contribution in [3.05, 3.63) is 23.9 Å². The van der Waals surface area contributed by atoms with Gasteiger partial charge in [-0.05, 0) is 13.3 Å². The molecular formula is C11H16ClNO. The molecule has 78 valence electrons. The molecule has 0 saturated carbocycles. The van der Waals surface area contributed by atoms with E-state index in [-0.39, 0.29) is 6.10 Å². The molecule has 0 rings (SSSR count). The third-order valence-electron chi connectivity index (χ3n) is 1.89. The molecule has 0 aromatic rings. The summed E-state index contributed by atoms with van der Waals surface area (Å²) in [4.78, 5) is 0. The van der Waals surface area contributed by atoms with Crippen molar-refractivity contribution >= 4 is 11.9 Å². The average molecular weight is 214 g/mol. The van der Waals surface area contributed by atoms with Crippen molar-refractivity contribution < 1.29 is 4.29 Å². The molecule has 0 aliphatic carbocycles. The van der Waals surface area contributed by atoms with Crippen LogP contribution < -0.4 is 5.32 Å². The molecule has 0 aliphatic rings. The van der Waals surface area contributed by atoms with Crippen molar-refractivity contribution in [2.45, 2.75) is 26.4 Å². The van der Waals surface area contributed by atoms with Crippen LogP contribution in [0.3, 0.4) is 0 Å². The summed E-state index contributed by atoms with van der Waals surface area (Å²) in [7, 11) is 0. The van der Waals surface area contributed by atoms with E-state index >= 15 is 0 Å². The Labute approximate surface area is 91.1 Å². The summed E-state index contributed by atoms with van der Waals surface area (Å²) in [5, 5.41) is 3.07. The van der Waals surface area contributed by atoms with Gasteiger partial charge in [0.15, 0.2) is 0 Å². The van der Waals surface area contributed by atoms with Crippen LogP contribution in [0.2, 0.25) is 0 Å². The zero-order valence-electron chi connectivity index (χ0n) is 8.64. The highest BCUT2D eigenvalue weighted by molar-refractivity contribution is 6.07. The lowest BCUT2D eigenvalue weighted by molar-refractivity contribution is 0.218. The highest BCUT2D eigenvalue weighted by Gasteiger charge is 2.06. The Hall–Kier alpha value is -0.910. The first-order chi connectivity index (χ1) is 6.69. The lowest BCUT2D eigenvalue weighted by Gasteiger charge is -2.14. The lowest BCUT2D eigenvalue weighted by Crippen LogP contribution is -2.26. The largest absolute Gasteiger partial charge is 0.382 e. The van der Waals surface area contributed by atoms with Crippen molar-refractivity contribution in [2.75, 3.05) is 6.54 Å². The molecule has 0 fully saturated rings. The summed E-state index contributed by atoms with van der Waals surface area (Å²) >= 11 is 5.27. The Bertz CT molecular complexity index is 249. The molecule has 0 saturated heterocycles. The van der Waals surface area contributed by atoms with Crippen molar-refractivity contribution in [3.63, 3.8) is 0 Å². The van der Waals surface area contributed by atoms with Gasteiger partial charge in [0.25, 0.3) is 0 Å². The van der Waals surface area contributed by atoms with Crippen LogP contribution in [-0.4, -0.2) is 12.6 Å². The van der Waals surface area contributed by atoms with Gasteiger partial charge in [0.2, 0.25) is 0 Å². The molecule has 2 nitrogen and oxygen atoms in total. The van der Waals surface area contributed by atoms with E-state index in [4.69, 9.17) is 22.6 Å². The molecule has 1 unspecified atom stereocenters. The van der Waals surface area contributed by atoms with Crippen LogP contribution in [0.25, 0.3) is 0 Å². The van der Waals surface area contributed by atoms with Crippen molar-refractivity contribution in [2.24, 2.45) is 0 Å². The van der Waals surface area contributed by atoms with E-state index < -0.39 is 0 Å². The number of nitrogens with one attached hydrogen (secondary N) is 1. The first-order valence-corrected chi connectivity index (χ1v) is 4.83. The van der Waals surface area contributed by atoms with Crippen LogP contribution in [0.5, 0.6) is 0 Å². The Balaban J connectivity index is 4.03. The second-order valence-corrected chi connectivity index (χ2v) is 3.00. The van der Waals surface area contributed by atoms with Crippen molar-refractivity contribution in [3.8, 4) is 12.3 Å². The number of terminal acetylenes is 1. The number of allylic oxidation sites excluding steroid dienone is 2. The molecular weight excluding hydrogens is 198 g/mol. The summed E-state index contributed by atoms with van der Waals surface area (Å²) < 4.78 is 4.69. The molecule has 0 amide bonds. The maximum Gasteiger partial charge on any atom is 0.0960 e. The number of rotatable bonds is 6. The molecule has 0 aromatic carbocycles. The van der Waals surface area contributed by atoms with Gasteiger partial charge in [-0.25, -0.2) is 0 Å². The summed E-state index contributed by atoms with van der Waals surface area (Å²) in [6, 6.07) is 0. The number of hydrogen-bond acceptors (Lipinski definition) is 2. The van der Waals surface area contributed by atoms with Crippen LogP contribution >= 0.6 is 11.9 Å². The van der Waals surface area contributed by atoms with Gasteiger partial charge in [-0.3, -0.25) is 4.29 Å². The van der Waals surface area contributed by atoms with Gasteiger partial charge in [0.05, 0.1) is 18.0 Å². The summed E-state index contributed by atoms with van der Waals surface area (Å²) in [5.41, 5.74) is 1.48. The van der Waals surface area contributed by atoms with Crippen LogP contribution in [0.4, 0.5) is 0 Å². The molecule has 0 heterocycles. The Morgan fingerprint density at radius 2 is 2.43 bits per heavy atom. The zero-order valence-corrected chi connectivity index (χ0v) is 9.40. The lowest BCUT2D eigenvalue weighted by atomic mass is 10.2. The standard InChI is InChI=1S/C11H16ClNO/c1-5-10(6-2)9(4)13-8-11(7-3)14-12/h1,6,11,13H,4,7-8H2,2-3H3/b10-6+. The predicted molar refractivity (Wildman–Crippen MR) is 60.7 cm³/mol. The number of hydrogen-bond donors (Lipinski definition) is 1. The van der Waals surface area contributed by atoms with Crippen molar-refractivity contribution in [1.29, 1.82) is 0 Å². The van der Waals surface area contributed by atoms with Gasteiger partial charge < -0.3 is 5.32 Å². The normalized spacial score (nSPS) is 13.1. The molecule has 0 aromatic heterocycles. The molecule has 3 heteroatoms. The molecule has 0 spiro atoms. The van der Waals surface area contributed by atoms with Crippen LogP contribution in [0.1, 0.15) is 20.3 Å². The van der Waals surface area contributed by atoms with Gasteiger partial charge in [0.1, 0.15) is 0 Å². The van der Waals surface area contributed by atoms with Crippen LogP contribution in [-0.2, 0) is 4.29 Å². The molecule has 1 N–H and O–H groups in total. The van der Waals surface area contributed by atoms with Gasteiger partial charge in [-0.15, -0.1) is 6.42 Å². The predicted octanol–water partition coefficient (Wildman–Crippen LogP) is 2.62. The van der Waals surface area contributed by atoms with E-state index in [1.54, 1.807) is 0 Å². The second-order valence-electron chi connectivity index (χ2n) is 2.83. The van der Waals surface area contributed by atoms with Gasteiger partial charge in [-0.1, -0.05) is 25.5 Å². The quantitative estimate of drug-likeness (QED) is 0.541. The molecule has 14 heavy (non-hydrogen) atoms. The van der Waals surface area contributed by atoms with E-state index in [1.807, 2.05) is 19.9 Å². The molecule has 1 atom stereocenters. The zero-order chi connectivity index (χ0) is 11.0. The number of halogens is 1. The fraction of sp³-hybridized carbons (Fsp3) is 0.455. The van der Waals surface area contributed by atoms with E-state index in [9.17, 15) is 0 Å². The third-order valence-corrected chi connectivity index (χ3v) is 2.15. The minimum absolute atomic E-state index is 0.0238. The monoisotopic (exact) mass is 213 g/mol. The second kappa shape index (κ2) is 7.49.